The third-order valence-electron chi connectivity index (χ3n) is 4.49. The van der Waals surface area contributed by atoms with Crippen LogP contribution in [-0.2, 0) is 0 Å². The number of hydrogen-bond donors (Lipinski definition) is 1. The molecule has 1 fully saturated rings. The largest absolute Gasteiger partial charge is 0.361 e. The molecular formula is C17H21BrN2O. The number of halogens is 1. The second-order valence-corrected chi connectivity index (χ2v) is 6.87. The van der Waals surface area contributed by atoms with Crippen molar-refractivity contribution in [2.24, 2.45) is 0 Å². The standard InChI is InChI=1S/C17H21BrN2O/c1-10(17-11(2)20-21-12(17)3)19-14-8-13(9-14)15-6-4-5-7-16(15)18/h4-7,10,13-14,19H,8-9H2,1-3H3. The van der Waals surface area contributed by atoms with Gasteiger partial charge >= 0.3 is 0 Å². The number of nitrogens with zero attached hydrogens (tertiary/aromatic N) is 1. The Bertz CT molecular complexity index is 612. The molecule has 112 valence electrons. The molecule has 1 aliphatic carbocycles. The molecule has 21 heavy (non-hydrogen) atoms. The molecule has 1 aromatic carbocycles. The fourth-order valence-electron chi connectivity index (χ4n) is 3.36. The van der Waals surface area contributed by atoms with E-state index in [1.165, 1.54) is 28.4 Å². The van der Waals surface area contributed by atoms with Gasteiger partial charge in [0.15, 0.2) is 0 Å². The first-order chi connectivity index (χ1) is 10.1. The van der Waals surface area contributed by atoms with Crippen LogP contribution >= 0.6 is 15.9 Å². The fourth-order valence-corrected chi connectivity index (χ4v) is 3.97. The van der Waals surface area contributed by atoms with E-state index in [1.54, 1.807) is 0 Å². The van der Waals surface area contributed by atoms with Gasteiger partial charge in [-0.3, -0.25) is 0 Å². The van der Waals surface area contributed by atoms with Crippen LogP contribution in [0.2, 0.25) is 0 Å². The maximum absolute atomic E-state index is 5.26. The summed E-state index contributed by atoms with van der Waals surface area (Å²) >= 11 is 3.65. The van der Waals surface area contributed by atoms with Gasteiger partial charge in [-0.05, 0) is 51.2 Å². The molecule has 0 spiro atoms. The van der Waals surface area contributed by atoms with Crippen LogP contribution in [0.3, 0.4) is 0 Å². The first-order valence-electron chi connectivity index (χ1n) is 7.49. The van der Waals surface area contributed by atoms with Crippen molar-refractivity contribution >= 4 is 15.9 Å². The van der Waals surface area contributed by atoms with Gasteiger partial charge in [-0.25, -0.2) is 0 Å². The van der Waals surface area contributed by atoms with E-state index in [0.29, 0.717) is 18.0 Å². The molecule has 0 saturated heterocycles. The van der Waals surface area contributed by atoms with Crippen molar-refractivity contribution < 1.29 is 4.52 Å². The molecule has 1 saturated carbocycles. The molecule has 0 bridgehead atoms. The first kappa shape index (κ1) is 14.8. The van der Waals surface area contributed by atoms with E-state index in [1.807, 2.05) is 13.8 Å². The lowest BCUT2D eigenvalue weighted by molar-refractivity contribution is 0.269. The molecule has 1 N–H and O–H groups in total. The van der Waals surface area contributed by atoms with Gasteiger partial charge in [0.05, 0.1) is 5.69 Å². The van der Waals surface area contributed by atoms with E-state index < -0.39 is 0 Å². The number of aromatic nitrogens is 1. The summed E-state index contributed by atoms with van der Waals surface area (Å²) in [5.41, 5.74) is 3.63. The fraction of sp³-hybridized carbons (Fsp3) is 0.471. The van der Waals surface area contributed by atoms with Crippen LogP contribution in [0.25, 0.3) is 0 Å². The number of hydrogen-bond acceptors (Lipinski definition) is 3. The van der Waals surface area contributed by atoms with Gasteiger partial charge in [0, 0.05) is 22.1 Å². The third-order valence-corrected chi connectivity index (χ3v) is 5.21. The minimum Gasteiger partial charge on any atom is -0.361 e. The highest BCUT2D eigenvalue weighted by atomic mass is 79.9. The lowest BCUT2D eigenvalue weighted by Gasteiger charge is -2.38. The van der Waals surface area contributed by atoms with Crippen molar-refractivity contribution in [3.8, 4) is 0 Å². The predicted octanol–water partition coefficient (Wildman–Crippen LogP) is 4.65. The molecule has 0 aliphatic heterocycles. The van der Waals surface area contributed by atoms with Crippen molar-refractivity contribution in [1.29, 1.82) is 0 Å². The Morgan fingerprint density at radius 3 is 2.62 bits per heavy atom. The first-order valence-corrected chi connectivity index (χ1v) is 8.28. The van der Waals surface area contributed by atoms with E-state index in [-0.39, 0.29) is 0 Å². The van der Waals surface area contributed by atoms with Crippen LogP contribution in [0.4, 0.5) is 0 Å². The summed E-state index contributed by atoms with van der Waals surface area (Å²) in [6.07, 6.45) is 2.38. The van der Waals surface area contributed by atoms with Gasteiger partial charge in [-0.1, -0.05) is 39.3 Å². The zero-order valence-corrected chi connectivity index (χ0v) is 14.3. The molecule has 1 unspecified atom stereocenters. The molecular weight excluding hydrogens is 328 g/mol. The molecule has 1 heterocycles. The number of rotatable bonds is 4. The van der Waals surface area contributed by atoms with Crippen LogP contribution < -0.4 is 5.32 Å². The molecule has 1 aliphatic rings. The quantitative estimate of drug-likeness (QED) is 0.873. The molecule has 1 aromatic heterocycles. The second-order valence-electron chi connectivity index (χ2n) is 6.01. The van der Waals surface area contributed by atoms with Crippen molar-refractivity contribution in [3.63, 3.8) is 0 Å². The van der Waals surface area contributed by atoms with Gasteiger partial charge in [-0.2, -0.15) is 0 Å². The highest BCUT2D eigenvalue weighted by Crippen LogP contribution is 2.41. The van der Waals surface area contributed by atoms with Gasteiger partial charge in [0.1, 0.15) is 5.76 Å². The van der Waals surface area contributed by atoms with E-state index in [4.69, 9.17) is 4.52 Å². The second kappa shape index (κ2) is 5.93. The molecule has 4 heteroatoms. The summed E-state index contributed by atoms with van der Waals surface area (Å²) in [5.74, 6) is 1.59. The summed E-state index contributed by atoms with van der Waals surface area (Å²) in [5, 5.41) is 7.75. The van der Waals surface area contributed by atoms with Crippen LogP contribution in [0.1, 0.15) is 54.3 Å². The van der Waals surface area contributed by atoms with Crippen molar-refractivity contribution in [2.75, 3.05) is 0 Å². The third kappa shape index (κ3) is 2.92. The summed E-state index contributed by atoms with van der Waals surface area (Å²) in [6, 6.07) is 9.41. The number of nitrogens with one attached hydrogen (secondary N) is 1. The Morgan fingerprint density at radius 1 is 1.29 bits per heavy atom. The zero-order valence-electron chi connectivity index (χ0n) is 12.7. The lowest BCUT2D eigenvalue weighted by atomic mass is 9.75. The summed E-state index contributed by atoms with van der Waals surface area (Å²) in [6.45, 7) is 6.19. The van der Waals surface area contributed by atoms with Gasteiger partial charge < -0.3 is 9.84 Å². The van der Waals surface area contributed by atoms with E-state index in [0.717, 1.165) is 11.5 Å². The SMILES string of the molecule is Cc1noc(C)c1C(C)NC1CC(c2ccccc2Br)C1. The van der Waals surface area contributed by atoms with Crippen LogP contribution in [0, 0.1) is 13.8 Å². The van der Waals surface area contributed by atoms with Gasteiger partial charge in [-0.15, -0.1) is 0 Å². The van der Waals surface area contributed by atoms with Crippen LogP contribution in [0.15, 0.2) is 33.3 Å². The van der Waals surface area contributed by atoms with Crippen LogP contribution in [0.5, 0.6) is 0 Å². The summed E-state index contributed by atoms with van der Waals surface area (Å²) in [7, 11) is 0. The van der Waals surface area contributed by atoms with E-state index >= 15 is 0 Å². The number of benzene rings is 1. The minimum atomic E-state index is 0.293. The molecule has 0 amide bonds. The average molecular weight is 349 g/mol. The summed E-state index contributed by atoms with van der Waals surface area (Å²) in [4.78, 5) is 0. The topological polar surface area (TPSA) is 38.1 Å². The Labute approximate surface area is 134 Å². The van der Waals surface area contributed by atoms with Crippen molar-refractivity contribution in [3.05, 3.63) is 51.3 Å². The predicted molar refractivity (Wildman–Crippen MR) is 87.4 cm³/mol. The maximum atomic E-state index is 5.26. The number of aryl methyl sites for hydroxylation is 2. The monoisotopic (exact) mass is 348 g/mol. The Morgan fingerprint density at radius 2 is 2.00 bits per heavy atom. The van der Waals surface area contributed by atoms with E-state index in [9.17, 15) is 0 Å². The zero-order chi connectivity index (χ0) is 15.0. The van der Waals surface area contributed by atoms with Crippen LogP contribution in [-0.4, -0.2) is 11.2 Å². The van der Waals surface area contributed by atoms with E-state index in [2.05, 4.69) is 57.6 Å². The summed E-state index contributed by atoms with van der Waals surface area (Å²) < 4.78 is 6.49. The highest BCUT2D eigenvalue weighted by Gasteiger charge is 2.32. The Kier molecular flexibility index (Phi) is 4.18. The minimum absolute atomic E-state index is 0.293. The van der Waals surface area contributed by atoms with Crippen molar-refractivity contribution in [1.82, 2.24) is 10.5 Å². The smallest absolute Gasteiger partial charge is 0.138 e. The maximum Gasteiger partial charge on any atom is 0.138 e. The normalized spacial score (nSPS) is 22.9. The van der Waals surface area contributed by atoms with Crippen molar-refractivity contribution in [2.45, 2.75) is 51.6 Å². The molecule has 3 nitrogen and oxygen atoms in total. The average Bonchev–Trinajstić information content (AvgIpc) is 2.74. The highest BCUT2D eigenvalue weighted by molar-refractivity contribution is 9.10. The molecule has 1 atom stereocenters. The molecule has 3 rings (SSSR count). The van der Waals surface area contributed by atoms with Gasteiger partial charge in [0.2, 0.25) is 0 Å². The Balaban J connectivity index is 1.59. The Hall–Kier alpha value is -1.13. The lowest BCUT2D eigenvalue weighted by Crippen LogP contribution is -2.41. The molecule has 2 aromatic rings. The molecule has 0 radical (unpaired) electrons. The van der Waals surface area contributed by atoms with Gasteiger partial charge in [0.25, 0.3) is 0 Å².